The first kappa shape index (κ1) is 12.4. The van der Waals surface area contributed by atoms with Crippen LogP contribution >= 0.6 is 0 Å². The summed E-state index contributed by atoms with van der Waals surface area (Å²) in [7, 11) is 0. The van der Waals surface area contributed by atoms with Crippen LogP contribution in [0, 0.1) is 0 Å². The van der Waals surface area contributed by atoms with Crippen LogP contribution < -0.4 is 16.2 Å². The van der Waals surface area contributed by atoms with Gasteiger partial charge in [0.25, 0.3) is 10.9 Å². The van der Waals surface area contributed by atoms with Gasteiger partial charge in [-0.2, -0.15) is 0 Å². The Hall–Kier alpha value is -2.10. The number of nitrogens with one attached hydrogen (secondary N) is 1. The maximum absolute atomic E-state index is 11.2. The van der Waals surface area contributed by atoms with Gasteiger partial charge in [-0.1, -0.05) is 32.9 Å². The summed E-state index contributed by atoms with van der Waals surface area (Å²) in [6, 6.07) is 7.53. The second-order valence-corrected chi connectivity index (χ2v) is 5.33. The molecule has 0 bridgehead atoms. The van der Waals surface area contributed by atoms with Crippen LogP contribution in [0.5, 0.6) is 5.75 Å². The minimum absolute atomic E-state index is 0.0245. The highest BCUT2D eigenvalue weighted by molar-refractivity contribution is 5.69. The normalized spacial score (nSPS) is 11.7. The zero-order chi connectivity index (χ0) is 13.5. The summed E-state index contributed by atoms with van der Waals surface area (Å²) in [5, 5.41) is 12.0. The van der Waals surface area contributed by atoms with Gasteiger partial charge in [0.05, 0.1) is 0 Å². The van der Waals surface area contributed by atoms with Gasteiger partial charge in [-0.25, -0.2) is 0 Å². The molecule has 4 nitrogen and oxygen atoms in total. The number of rotatable bonds is 2. The van der Waals surface area contributed by atoms with Crippen LogP contribution in [-0.2, 0) is 5.41 Å². The van der Waals surface area contributed by atoms with Crippen LogP contribution in [0.2, 0.25) is 0 Å². The van der Waals surface area contributed by atoms with Crippen molar-refractivity contribution in [2.75, 3.05) is 5.32 Å². The highest BCUT2D eigenvalue weighted by Gasteiger charge is 2.20. The van der Waals surface area contributed by atoms with Crippen molar-refractivity contribution in [3.05, 3.63) is 50.3 Å². The first-order valence-corrected chi connectivity index (χ1v) is 5.70. The van der Waals surface area contributed by atoms with Crippen molar-refractivity contribution >= 4 is 11.4 Å². The lowest BCUT2D eigenvalue weighted by Gasteiger charge is -2.19. The van der Waals surface area contributed by atoms with Gasteiger partial charge < -0.3 is 10.4 Å². The van der Waals surface area contributed by atoms with Gasteiger partial charge >= 0.3 is 0 Å². The molecule has 0 saturated heterocycles. The zero-order valence-electron chi connectivity index (χ0n) is 10.6. The fourth-order valence-electron chi connectivity index (χ4n) is 1.69. The van der Waals surface area contributed by atoms with E-state index in [2.05, 4.69) is 26.1 Å². The molecule has 0 aromatic heterocycles. The van der Waals surface area contributed by atoms with E-state index in [1.165, 1.54) is 5.56 Å². The molecule has 0 saturated carbocycles. The Bertz CT molecular complexity index is 641. The number of hydrogen-bond donors (Lipinski definition) is 2. The van der Waals surface area contributed by atoms with Gasteiger partial charge in [0.15, 0.2) is 5.75 Å². The Morgan fingerprint density at radius 2 is 1.56 bits per heavy atom. The third kappa shape index (κ3) is 2.01. The van der Waals surface area contributed by atoms with Crippen molar-refractivity contribution < 1.29 is 5.11 Å². The Kier molecular flexibility index (Phi) is 2.73. The topological polar surface area (TPSA) is 66.4 Å². The van der Waals surface area contributed by atoms with Gasteiger partial charge in [0.1, 0.15) is 5.69 Å². The maximum atomic E-state index is 11.2. The Labute approximate surface area is 105 Å². The van der Waals surface area contributed by atoms with Crippen molar-refractivity contribution in [3.8, 4) is 5.75 Å². The molecule has 0 radical (unpaired) electrons. The monoisotopic (exact) mass is 245 g/mol. The molecule has 2 N–H and O–H groups in total. The summed E-state index contributed by atoms with van der Waals surface area (Å²) in [4.78, 5) is 22.0. The van der Waals surface area contributed by atoms with Crippen molar-refractivity contribution in [2.45, 2.75) is 26.2 Å². The van der Waals surface area contributed by atoms with Crippen LogP contribution in [0.4, 0.5) is 11.4 Å². The van der Waals surface area contributed by atoms with E-state index in [-0.39, 0.29) is 11.1 Å². The summed E-state index contributed by atoms with van der Waals surface area (Å²) < 4.78 is 0. The van der Waals surface area contributed by atoms with Crippen molar-refractivity contribution in [3.63, 3.8) is 0 Å². The molecule has 0 atom stereocenters. The van der Waals surface area contributed by atoms with Crippen molar-refractivity contribution in [1.82, 2.24) is 0 Å². The van der Waals surface area contributed by atoms with Crippen molar-refractivity contribution in [2.24, 2.45) is 0 Å². The fourth-order valence-corrected chi connectivity index (χ4v) is 1.69. The molecule has 0 unspecified atom stereocenters. The first-order valence-electron chi connectivity index (χ1n) is 5.70. The molecule has 94 valence electrons. The maximum Gasteiger partial charge on any atom is 0.271 e. The lowest BCUT2D eigenvalue weighted by atomic mass is 9.87. The van der Waals surface area contributed by atoms with E-state index in [9.17, 15) is 14.7 Å². The molecule has 4 heteroatoms. The van der Waals surface area contributed by atoms with Crippen LogP contribution in [0.25, 0.3) is 0 Å². The van der Waals surface area contributed by atoms with E-state index in [1.54, 1.807) is 0 Å². The van der Waals surface area contributed by atoms with E-state index in [1.807, 2.05) is 24.3 Å². The summed E-state index contributed by atoms with van der Waals surface area (Å²) >= 11 is 0. The number of benzene rings is 1. The van der Waals surface area contributed by atoms with Gasteiger partial charge in [-0.3, -0.25) is 9.59 Å². The molecular formula is C14H15NO3. The summed E-state index contributed by atoms with van der Waals surface area (Å²) in [6.07, 6.45) is 0. The molecule has 2 aromatic rings. The highest BCUT2D eigenvalue weighted by atomic mass is 16.3. The Morgan fingerprint density at radius 3 is 2.00 bits per heavy atom. The smallest absolute Gasteiger partial charge is 0.271 e. The highest BCUT2D eigenvalue weighted by Crippen LogP contribution is 2.26. The minimum Gasteiger partial charge on any atom is -0.502 e. The van der Waals surface area contributed by atoms with E-state index < -0.39 is 16.6 Å². The lowest BCUT2D eigenvalue weighted by molar-refractivity contribution is 0.466. The molecule has 0 fully saturated rings. The third-order valence-electron chi connectivity index (χ3n) is 2.91. The van der Waals surface area contributed by atoms with Gasteiger partial charge in [-0.05, 0) is 23.1 Å². The van der Waals surface area contributed by atoms with Crippen molar-refractivity contribution in [1.29, 1.82) is 0 Å². The lowest BCUT2D eigenvalue weighted by Crippen LogP contribution is -2.32. The zero-order valence-corrected chi connectivity index (χ0v) is 10.6. The average molecular weight is 245 g/mol. The second kappa shape index (κ2) is 3.98. The third-order valence-corrected chi connectivity index (χ3v) is 2.91. The Balaban J connectivity index is 2.23. The molecule has 0 aliphatic rings. The molecule has 0 spiro atoms. The number of anilines is 2. The fraction of sp³-hybridized carbons (Fsp3) is 0.286. The first-order chi connectivity index (χ1) is 8.30. The molecule has 0 aliphatic heterocycles. The minimum atomic E-state index is -0.830. The molecule has 18 heavy (non-hydrogen) atoms. The molecular weight excluding hydrogens is 230 g/mol. The molecule has 0 heterocycles. The van der Waals surface area contributed by atoms with E-state index >= 15 is 0 Å². The van der Waals surface area contributed by atoms with Crippen LogP contribution in [-0.4, -0.2) is 5.11 Å². The SMILES string of the molecule is CC(C)(C)c1ccc(Nc2c(O)c(=O)c2=O)cc1. The standard InChI is InChI=1S/C14H15NO3/c1-14(2,3)8-4-6-9(7-5-8)15-10-11(16)13(18)12(10)17/h4-7,15-16H,1-3H3. The summed E-state index contributed by atoms with van der Waals surface area (Å²) in [5.74, 6) is -0.486. The predicted molar refractivity (Wildman–Crippen MR) is 71.4 cm³/mol. The molecule has 0 aliphatic carbocycles. The van der Waals surface area contributed by atoms with E-state index in [0.717, 1.165) is 0 Å². The van der Waals surface area contributed by atoms with Gasteiger partial charge in [0, 0.05) is 5.69 Å². The summed E-state index contributed by atoms with van der Waals surface area (Å²) in [6.45, 7) is 6.33. The quantitative estimate of drug-likeness (QED) is 0.794. The van der Waals surface area contributed by atoms with Crippen LogP contribution in [0.3, 0.4) is 0 Å². The largest absolute Gasteiger partial charge is 0.502 e. The van der Waals surface area contributed by atoms with Crippen LogP contribution in [0.1, 0.15) is 26.3 Å². The Morgan fingerprint density at radius 1 is 1.00 bits per heavy atom. The number of hydrogen-bond acceptors (Lipinski definition) is 4. The molecule has 2 aromatic carbocycles. The molecule has 2 rings (SSSR count). The second-order valence-electron chi connectivity index (χ2n) is 5.33. The van der Waals surface area contributed by atoms with Crippen LogP contribution in [0.15, 0.2) is 33.9 Å². The van der Waals surface area contributed by atoms with Gasteiger partial charge in [0.2, 0.25) is 0 Å². The van der Waals surface area contributed by atoms with E-state index in [4.69, 9.17) is 0 Å². The number of aromatic hydroxyl groups is 1. The molecule has 0 amide bonds. The van der Waals surface area contributed by atoms with Gasteiger partial charge in [-0.15, -0.1) is 0 Å². The predicted octanol–water partition coefficient (Wildman–Crippen LogP) is 2.03. The summed E-state index contributed by atoms with van der Waals surface area (Å²) in [5.41, 5.74) is 0.370. The van der Waals surface area contributed by atoms with E-state index in [0.29, 0.717) is 5.69 Å². The average Bonchev–Trinajstić information content (AvgIpc) is 2.34.